The second-order valence-electron chi connectivity index (χ2n) is 5.32. The van der Waals surface area contributed by atoms with Gasteiger partial charge in [0.05, 0.1) is 12.1 Å². The number of aromatic nitrogens is 3. The molecular formula is C18H14N4O2. The van der Waals surface area contributed by atoms with Gasteiger partial charge < -0.3 is 9.40 Å². The van der Waals surface area contributed by atoms with Crippen LogP contribution in [0.2, 0.25) is 0 Å². The number of benzene rings is 1. The summed E-state index contributed by atoms with van der Waals surface area (Å²) in [7, 11) is 0. The Labute approximate surface area is 137 Å². The summed E-state index contributed by atoms with van der Waals surface area (Å²) in [5.74, 6) is -0.369. The highest BCUT2D eigenvalue weighted by Crippen LogP contribution is 2.16. The fraction of sp³-hybridized carbons (Fsp3) is 0.0556. The Morgan fingerprint density at radius 3 is 2.96 bits per heavy atom. The zero-order valence-electron chi connectivity index (χ0n) is 12.7. The van der Waals surface area contributed by atoms with Gasteiger partial charge in [-0.2, -0.15) is 4.99 Å². The molecule has 0 saturated heterocycles. The molecule has 0 fully saturated rings. The molecule has 4 aromatic rings. The number of nitrogens with one attached hydrogen (secondary N) is 1. The lowest BCUT2D eigenvalue weighted by molar-refractivity contribution is 0.0994. The Balaban J connectivity index is 1.69. The number of H-pyrrole nitrogens is 1. The van der Waals surface area contributed by atoms with Crippen LogP contribution in [0.5, 0.6) is 0 Å². The van der Waals surface area contributed by atoms with Crippen LogP contribution in [0.4, 0.5) is 0 Å². The van der Waals surface area contributed by atoms with Crippen molar-refractivity contribution in [2.75, 3.05) is 0 Å². The maximum Gasteiger partial charge on any atom is 0.305 e. The summed E-state index contributed by atoms with van der Waals surface area (Å²) in [5.41, 5.74) is 2.50. The monoisotopic (exact) mass is 318 g/mol. The zero-order valence-corrected chi connectivity index (χ0v) is 12.7. The highest BCUT2D eigenvalue weighted by atomic mass is 16.3. The van der Waals surface area contributed by atoms with E-state index in [-0.39, 0.29) is 11.6 Å². The number of oxazole rings is 1. The van der Waals surface area contributed by atoms with E-state index in [1.807, 2.05) is 36.4 Å². The molecule has 0 aliphatic heterocycles. The maximum absolute atomic E-state index is 12.5. The minimum atomic E-state index is -0.369. The van der Waals surface area contributed by atoms with Crippen molar-refractivity contribution in [3.8, 4) is 0 Å². The molecule has 24 heavy (non-hydrogen) atoms. The second-order valence-corrected chi connectivity index (χ2v) is 5.32. The molecule has 6 nitrogen and oxygen atoms in total. The highest BCUT2D eigenvalue weighted by Gasteiger charge is 2.12. The van der Waals surface area contributed by atoms with Gasteiger partial charge >= 0.3 is 5.68 Å². The number of hydrogen-bond acceptors (Lipinski definition) is 3. The van der Waals surface area contributed by atoms with Gasteiger partial charge in [-0.25, -0.2) is 4.98 Å². The van der Waals surface area contributed by atoms with Crippen LogP contribution in [-0.4, -0.2) is 20.4 Å². The summed E-state index contributed by atoms with van der Waals surface area (Å²) < 4.78 is 7.16. The van der Waals surface area contributed by atoms with E-state index in [0.717, 1.165) is 10.9 Å². The molecule has 6 heteroatoms. The lowest BCUT2D eigenvalue weighted by Gasteiger charge is -2.01. The van der Waals surface area contributed by atoms with Crippen molar-refractivity contribution in [2.45, 2.75) is 6.54 Å². The topological polar surface area (TPSA) is 76.2 Å². The number of pyridine rings is 1. The number of amides is 1. The molecule has 1 aromatic carbocycles. The number of carbonyl (C=O) groups excluding carboxylic acids is 1. The molecule has 1 N–H and O–H groups in total. The van der Waals surface area contributed by atoms with E-state index >= 15 is 0 Å². The van der Waals surface area contributed by atoms with Crippen LogP contribution in [0.3, 0.4) is 0 Å². The lowest BCUT2D eigenvalue weighted by Crippen LogP contribution is -2.18. The minimum Gasteiger partial charge on any atom is -0.432 e. The van der Waals surface area contributed by atoms with E-state index in [9.17, 15) is 4.79 Å². The second kappa shape index (κ2) is 6.00. The molecule has 0 saturated carbocycles. The van der Waals surface area contributed by atoms with Crippen molar-refractivity contribution in [1.29, 1.82) is 0 Å². The summed E-state index contributed by atoms with van der Waals surface area (Å²) in [4.78, 5) is 23.8. The smallest absolute Gasteiger partial charge is 0.305 e. The first kappa shape index (κ1) is 14.2. The minimum absolute atomic E-state index is 0.266. The molecule has 0 aliphatic carbocycles. The zero-order chi connectivity index (χ0) is 16.4. The average Bonchev–Trinajstić information content (AvgIpc) is 3.23. The predicted octanol–water partition coefficient (Wildman–Crippen LogP) is 2.75. The first-order valence-corrected chi connectivity index (χ1v) is 7.50. The Hall–Kier alpha value is -3.41. The molecule has 118 valence electrons. The number of rotatable bonds is 3. The Bertz CT molecular complexity index is 1060. The van der Waals surface area contributed by atoms with Crippen LogP contribution in [0.15, 0.2) is 76.7 Å². The van der Waals surface area contributed by atoms with Gasteiger partial charge in [-0.15, -0.1) is 0 Å². The molecule has 4 rings (SSSR count). The van der Waals surface area contributed by atoms with Crippen LogP contribution in [0.1, 0.15) is 15.9 Å². The number of nitrogens with zero attached hydrogens (tertiary/aromatic N) is 3. The molecule has 0 spiro atoms. The van der Waals surface area contributed by atoms with E-state index in [2.05, 4.69) is 15.0 Å². The maximum atomic E-state index is 12.5. The van der Waals surface area contributed by atoms with Gasteiger partial charge in [-0.1, -0.05) is 30.3 Å². The van der Waals surface area contributed by atoms with Gasteiger partial charge in [0.1, 0.15) is 11.9 Å². The van der Waals surface area contributed by atoms with Gasteiger partial charge in [0.15, 0.2) is 0 Å². The third-order valence-corrected chi connectivity index (χ3v) is 3.73. The van der Waals surface area contributed by atoms with Crippen molar-refractivity contribution in [3.05, 3.63) is 84.1 Å². The molecular weight excluding hydrogens is 304 g/mol. The summed E-state index contributed by atoms with van der Waals surface area (Å²) >= 11 is 0. The third kappa shape index (κ3) is 2.65. The molecule has 3 aromatic heterocycles. The van der Waals surface area contributed by atoms with Gasteiger partial charge in [0, 0.05) is 24.0 Å². The lowest BCUT2D eigenvalue weighted by atomic mass is 10.2. The third-order valence-electron chi connectivity index (χ3n) is 3.73. The molecule has 3 heterocycles. The summed E-state index contributed by atoms with van der Waals surface area (Å²) in [6, 6.07) is 13.5. The van der Waals surface area contributed by atoms with Crippen LogP contribution in [0.25, 0.3) is 11.0 Å². The Kier molecular flexibility index (Phi) is 3.55. The van der Waals surface area contributed by atoms with Crippen LogP contribution in [-0.2, 0) is 6.54 Å². The highest BCUT2D eigenvalue weighted by molar-refractivity contribution is 6.06. The molecule has 0 radical (unpaired) electrons. The van der Waals surface area contributed by atoms with Crippen molar-refractivity contribution in [3.63, 3.8) is 0 Å². The van der Waals surface area contributed by atoms with Gasteiger partial charge in [-0.05, 0) is 17.7 Å². The fourth-order valence-corrected chi connectivity index (χ4v) is 2.57. The number of hydrogen-bond donors (Lipinski definition) is 1. The standard InChI is InChI=1S/C18H14N4O2/c23-17(15-11-20-16-14(15)7-4-8-19-16)21-18-22(9-10-24-18)12-13-5-2-1-3-6-13/h1-11H,12H2,(H,19,20). The summed E-state index contributed by atoms with van der Waals surface area (Å²) in [5, 5.41) is 0.743. The summed E-state index contributed by atoms with van der Waals surface area (Å²) in [6.07, 6.45) is 6.57. The SMILES string of the molecule is O=C(N=c1occn1Cc1ccccc1)c1c[nH]c2ncccc12. The van der Waals surface area contributed by atoms with Gasteiger partial charge in [-0.3, -0.25) is 9.36 Å². The van der Waals surface area contributed by atoms with Gasteiger partial charge in [0.25, 0.3) is 5.91 Å². The Morgan fingerprint density at radius 1 is 1.21 bits per heavy atom. The van der Waals surface area contributed by atoms with Crippen molar-refractivity contribution >= 4 is 16.9 Å². The van der Waals surface area contributed by atoms with Gasteiger partial charge in [0.2, 0.25) is 0 Å². The quantitative estimate of drug-likeness (QED) is 0.631. The largest absolute Gasteiger partial charge is 0.432 e. The van der Waals surface area contributed by atoms with Crippen molar-refractivity contribution in [2.24, 2.45) is 4.99 Å². The van der Waals surface area contributed by atoms with Crippen LogP contribution >= 0.6 is 0 Å². The van der Waals surface area contributed by atoms with Crippen molar-refractivity contribution in [1.82, 2.24) is 14.5 Å². The van der Waals surface area contributed by atoms with E-state index < -0.39 is 0 Å². The number of fused-ring (bicyclic) bond motifs is 1. The number of aromatic amines is 1. The number of carbonyl (C=O) groups is 1. The summed E-state index contributed by atoms with van der Waals surface area (Å²) in [6.45, 7) is 0.582. The molecule has 0 bridgehead atoms. The van der Waals surface area contributed by atoms with Crippen molar-refractivity contribution < 1.29 is 9.21 Å². The average molecular weight is 318 g/mol. The molecule has 0 unspecified atom stereocenters. The van der Waals surface area contributed by atoms with E-state index in [4.69, 9.17) is 4.42 Å². The molecule has 1 amide bonds. The normalized spacial score (nSPS) is 11.9. The molecule has 0 aliphatic rings. The Morgan fingerprint density at radius 2 is 2.08 bits per heavy atom. The van der Waals surface area contributed by atoms with Crippen LogP contribution < -0.4 is 5.68 Å². The van der Waals surface area contributed by atoms with Crippen LogP contribution in [0, 0.1) is 0 Å². The fourth-order valence-electron chi connectivity index (χ4n) is 2.57. The first-order valence-electron chi connectivity index (χ1n) is 7.50. The molecule has 0 atom stereocenters. The predicted molar refractivity (Wildman–Crippen MR) is 88.2 cm³/mol. The van der Waals surface area contributed by atoms with E-state index in [1.165, 1.54) is 6.26 Å². The van der Waals surface area contributed by atoms with E-state index in [0.29, 0.717) is 17.8 Å². The first-order chi connectivity index (χ1) is 11.8. The van der Waals surface area contributed by atoms with E-state index in [1.54, 1.807) is 29.2 Å².